The number of hydrogen-bond acceptors (Lipinski definition) is 6. The number of sulfonamides is 1. The summed E-state index contributed by atoms with van der Waals surface area (Å²) < 4.78 is 29.6. The van der Waals surface area contributed by atoms with Gasteiger partial charge in [-0.25, -0.2) is 22.5 Å². The van der Waals surface area contributed by atoms with E-state index in [9.17, 15) is 13.2 Å². The van der Waals surface area contributed by atoms with Gasteiger partial charge in [-0.05, 0) is 19.8 Å². The molecule has 8 nitrogen and oxygen atoms in total. The normalized spacial score (nSPS) is 24.0. The fraction of sp³-hybridized carbons (Fsp3) is 0.643. The van der Waals surface area contributed by atoms with E-state index in [4.69, 9.17) is 4.74 Å². The summed E-state index contributed by atoms with van der Waals surface area (Å²) in [5.74, 6) is 0.637. The maximum atomic E-state index is 11.8. The molecule has 3 heterocycles. The van der Waals surface area contributed by atoms with Gasteiger partial charge in [-0.1, -0.05) is 0 Å². The number of piperidine rings is 1. The molecule has 9 heteroatoms. The number of aromatic nitrogens is 2. The van der Waals surface area contributed by atoms with Crippen LogP contribution in [0.5, 0.6) is 0 Å². The van der Waals surface area contributed by atoms with Gasteiger partial charge in [0, 0.05) is 25.2 Å². The van der Waals surface area contributed by atoms with Crippen LogP contribution in [-0.4, -0.2) is 60.8 Å². The number of anilines is 1. The van der Waals surface area contributed by atoms with Crippen LogP contribution in [0, 0.1) is 0 Å². The minimum atomic E-state index is -3.14. The van der Waals surface area contributed by atoms with Crippen LogP contribution in [-0.2, 0) is 14.8 Å². The number of rotatable bonds is 3. The van der Waals surface area contributed by atoms with E-state index in [1.807, 2.05) is 6.92 Å². The monoisotopic (exact) mass is 340 g/mol. The molecule has 1 atom stereocenters. The van der Waals surface area contributed by atoms with Crippen molar-refractivity contribution in [2.24, 2.45) is 0 Å². The summed E-state index contributed by atoms with van der Waals surface area (Å²) in [6.07, 6.45) is 5.47. The molecular weight excluding hydrogens is 320 g/mol. The van der Waals surface area contributed by atoms with E-state index >= 15 is 0 Å². The first-order valence-corrected chi connectivity index (χ1v) is 9.44. The van der Waals surface area contributed by atoms with Crippen molar-refractivity contribution in [3.05, 3.63) is 18.1 Å². The third-order valence-electron chi connectivity index (χ3n) is 4.31. The van der Waals surface area contributed by atoms with E-state index in [-0.39, 0.29) is 12.0 Å². The van der Waals surface area contributed by atoms with Crippen LogP contribution >= 0.6 is 0 Å². The molecule has 126 valence electrons. The van der Waals surface area contributed by atoms with E-state index in [1.54, 1.807) is 12.4 Å². The molecule has 2 aliphatic rings. The highest BCUT2D eigenvalue weighted by atomic mass is 32.2. The lowest BCUT2D eigenvalue weighted by Gasteiger charge is -2.30. The average Bonchev–Trinajstić information content (AvgIpc) is 2.86. The zero-order valence-corrected chi connectivity index (χ0v) is 14.0. The van der Waals surface area contributed by atoms with Crippen molar-refractivity contribution >= 4 is 21.9 Å². The van der Waals surface area contributed by atoms with Crippen LogP contribution in [0.15, 0.2) is 12.4 Å². The van der Waals surface area contributed by atoms with Crippen molar-refractivity contribution in [1.29, 1.82) is 0 Å². The number of nitrogens with zero attached hydrogens (tertiary/aromatic N) is 4. The molecule has 0 bridgehead atoms. The van der Waals surface area contributed by atoms with Crippen LogP contribution in [0.2, 0.25) is 0 Å². The van der Waals surface area contributed by atoms with Gasteiger partial charge in [-0.2, -0.15) is 0 Å². The molecule has 0 radical (unpaired) electrons. The topological polar surface area (TPSA) is 92.7 Å². The number of amides is 1. The maximum absolute atomic E-state index is 11.8. The zero-order valence-electron chi connectivity index (χ0n) is 13.2. The number of ether oxygens (including phenoxy) is 1. The lowest BCUT2D eigenvalue weighted by atomic mass is 9.95. The molecule has 0 aromatic carbocycles. The van der Waals surface area contributed by atoms with Gasteiger partial charge >= 0.3 is 6.09 Å². The van der Waals surface area contributed by atoms with E-state index in [0.29, 0.717) is 38.4 Å². The molecule has 1 aromatic rings. The summed E-state index contributed by atoms with van der Waals surface area (Å²) in [4.78, 5) is 22.0. The first-order valence-electron chi connectivity index (χ1n) is 7.59. The van der Waals surface area contributed by atoms with E-state index in [1.165, 1.54) is 15.5 Å². The summed E-state index contributed by atoms with van der Waals surface area (Å²) in [7, 11) is -3.14. The molecular formula is C14H20N4O4S. The summed E-state index contributed by atoms with van der Waals surface area (Å²) in [5.41, 5.74) is 0.794. The number of cyclic esters (lactones) is 1. The Morgan fingerprint density at radius 3 is 2.52 bits per heavy atom. The van der Waals surface area contributed by atoms with Crippen LogP contribution in [0.1, 0.15) is 31.4 Å². The van der Waals surface area contributed by atoms with Crippen molar-refractivity contribution in [2.45, 2.75) is 31.7 Å². The van der Waals surface area contributed by atoms with Gasteiger partial charge in [0.25, 0.3) is 0 Å². The third kappa shape index (κ3) is 3.30. The first-order chi connectivity index (χ1) is 10.9. The van der Waals surface area contributed by atoms with E-state index < -0.39 is 16.1 Å². The second-order valence-corrected chi connectivity index (χ2v) is 8.02. The molecule has 0 spiro atoms. The lowest BCUT2D eigenvalue weighted by molar-refractivity contribution is 0.179. The van der Waals surface area contributed by atoms with Crippen molar-refractivity contribution in [3.8, 4) is 0 Å². The molecule has 0 aliphatic carbocycles. The molecule has 23 heavy (non-hydrogen) atoms. The summed E-state index contributed by atoms with van der Waals surface area (Å²) >= 11 is 0. The summed E-state index contributed by atoms with van der Waals surface area (Å²) in [5, 5.41) is 0. The molecule has 0 unspecified atom stereocenters. The van der Waals surface area contributed by atoms with E-state index in [2.05, 4.69) is 9.97 Å². The highest BCUT2D eigenvalue weighted by Gasteiger charge is 2.33. The zero-order chi connectivity index (χ0) is 16.6. The van der Waals surface area contributed by atoms with Crippen molar-refractivity contribution in [3.63, 3.8) is 0 Å². The van der Waals surface area contributed by atoms with Crippen molar-refractivity contribution in [1.82, 2.24) is 14.3 Å². The minimum Gasteiger partial charge on any atom is -0.447 e. The number of carbonyl (C=O) groups is 1. The van der Waals surface area contributed by atoms with Gasteiger partial charge in [0.1, 0.15) is 6.61 Å². The Labute approximate surface area is 135 Å². The van der Waals surface area contributed by atoms with Crippen molar-refractivity contribution < 1.29 is 17.9 Å². The van der Waals surface area contributed by atoms with Gasteiger partial charge in [0.05, 0.1) is 24.2 Å². The van der Waals surface area contributed by atoms with E-state index in [0.717, 1.165) is 5.69 Å². The Hall–Kier alpha value is -1.74. The maximum Gasteiger partial charge on any atom is 0.415 e. The fourth-order valence-corrected chi connectivity index (χ4v) is 3.88. The largest absolute Gasteiger partial charge is 0.447 e. The van der Waals surface area contributed by atoms with Gasteiger partial charge in [-0.15, -0.1) is 0 Å². The minimum absolute atomic E-state index is 0.0702. The molecule has 1 amide bonds. The SMILES string of the molecule is C[C@@H]1COC(=O)N1c1cncc(C2CCN(S(C)(=O)=O)CC2)n1. The molecule has 1 aromatic heterocycles. The second-order valence-electron chi connectivity index (χ2n) is 6.03. The molecule has 0 saturated carbocycles. The smallest absolute Gasteiger partial charge is 0.415 e. The first kappa shape index (κ1) is 16.1. The quantitative estimate of drug-likeness (QED) is 0.814. The van der Waals surface area contributed by atoms with Gasteiger partial charge in [0.15, 0.2) is 5.82 Å². The van der Waals surface area contributed by atoms with Crippen LogP contribution in [0.4, 0.5) is 10.6 Å². The van der Waals surface area contributed by atoms with Crippen LogP contribution in [0.25, 0.3) is 0 Å². The number of hydrogen-bond donors (Lipinski definition) is 0. The molecule has 3 rings (SSSR count). The highest BCUT2D eigenvalue weighted by molar-refractivity contribution is 7.88. The molecule has 0 N–H and O–H groups in total. The lowest BCUT2D eigenvalue weighted by Crippen LogP contribution is -2.37. The summed E-state index contributed by atoms with van der Waals surface area (Å²) in [6.45, 7) is 3.20. The Morgan fingerprint density at radius 1 is 1.26 bits per heavy atom. The Balaban J connectivity index is 1.75. The van der Waals surface area contributed by atoms with Gasteiger partial charge in [0.2, 0.25) is 10.0 Å². The predicted molar refractivity (Wildman–Crippen MR) is 83.7 cm³/mol. The standard InChI is InChI=1S/C14H20N4O4S/c1-10-9-22-14(19)18(10)13-8-15-7-12(16-13)11-3-5-17(6-4-11)23(2,20)21/h7-8,10-11H,3-6,9H2,1-2H3/t10-/m1/s1. The molecule has 2 fully saturated rings. The van der Waals surface area contributed by atoms with Crippen LogP contribution in [0.3, 0.4) is 0 Å². The van der Waals surface area contributed by atoms with Gasteiger partial charge in [-0.3, -0.25) is 9.88 Å². The molecule has 2 aliphatic heterocycles. The third-order valence-corrected chi connectivity index (χ3v) is 5.62. The Morgan fingerprint density at radius 2 is 1.96 bits per heavy atom. The number of carbonyl (C=O) groups excluding carboxylic acids is 1. The fourth-order valence-electron chi connectivity index (χ4n) is 3.00. The highest BCUT2D eigenvalue weighted by Crippen LogP contribution is 2.29. The van der Waals surface area contributed by atoms with Crippen LogP contribution < -0.4 is 4.90 Å². The Bertz CT molecular complexity index is 700. The molecule has 2 saturated heterocycles. The Kier molecular flexibility index (Phi) is 4.24. The second kappa shape index (κ2) is 6.04. The van der Waals surface area contributed by atoms with Gasteiger partial charge < -0.3 is 4.74 Å². The predicted octanol–water partition coefficient (Wildman–Crippen LogP) is 0.961. The van der Waals surface area contributed by atoms with Crippen molar-refractivity contribution in [2.75, 3.05) is 30.9 Å². The average molecular weight is 340 g/mol. The summed E-state index contributed by atoms with van der Waals surface area (Å²) in [6, 6.07) is -0.0702.